The third-order valence-electron chi connectivity index (χ3n) is 17.4. The number of unbranched alkanes of at least 4 members (excludes halogenated alkanes) is 44. The fourth-order valence-corrected chi connectivity index (χ4v) is 12.7. The monoisotopic (exact) mass is 1350 g/mol. The highest BCUT2D eigenvalue weighted by Gasteiger charge is 2.30. The van der Waals surface area contributed by atoms with Crippen molar-refractivity contribution in [3.8, 4) is 0 Å². The lowest BCUT2D eigenvalue weighted by Gasteiger charge is -2.21. The molecule has 0 saturated heterocycles. The Morgan fingerprint density at radius 1 is 0.304 bits per heavy atom. The summed E-state index contributed by atoms with van der Waals surface area (Å²) in [5, 5.41) is 10.6. The highest BCUT2D eigenvalue weighted by atomic mass is 31.2. The molecule has 3 N–H and O–H groups in total. The molecule has 0 fully saturated rings. The van der Waals surface area contributed by atoms with Crippen LogP contribution in [0.4, 0.5) is 0 Å². The Morgan fingerprint density at radius 2 is 0.522 bits per heavy atom. The Balaban J connectivity index is 5.18. The van der Waals surface area contributed by atoms with Gasteiger partial charge >= 0.3 is 39.5 Å². The van der Waals surface area contributed by atoms with Crippen molar-refractivity contribution < 1.29 is 80.2 Å². The van der Waals surface area contributed by atoms with Crippen LogP contribution in [0.3, 0.4) is 0 Å². The van der Waals surface area contributed by atoms with E-state index in [0.717, 1.165) is 102 Å². The predicted octanol–water partition coefficient (Wildman–Crippen LogP) is 21.3. The second-order valence-electron chi connectivity index (χ2n) is 26.6. The Labute approximate surface area is 562 Å². The van der Waals surface area contributed by atoms with E-state index in [4.69, 9.17) is 37.0 Å². The number of ether oxygens (including phenoxy) is 4. The summed E-state index contributed by atoms with van der Waals surface area (Å²) in [6, 6.07) is 0. The molecule has 0 spiro atoms. The molecular weight excluding hydrogens is 1210 g/mol. The van der Waals surface area contributed by atoms with Crippen LogP contribution in [-0.4, -0.2) is 96.7 Å². The van der Waals surface area contributed by atoms with Gasteiger partial charge in [-0.3, -0.25) is 37.3 Å². The third kappa shape index (κ3) is 65.4. The molecule has 0 aromatic rings. The normalized spacial score (nSPS) is 14.3. The van der Waals surface area contributed by atoms with Gasteiger partial charge in [-0.1, -0.05) is 330 Å². The maximum Gasteiger partial charge on any atom is 0.472 e. The Bertz CT molecular complexity index is 1770. The Morgan fingerprint density at radius 3 is 0.772 bits per heavy atom. The zero-order valence-corrected chi connectivity index (χ0v) is 61.5. The second-order valence-corrected chi connectivity index (χ2v) is 29.5. The Kier molecular flexibility index (Phi) is 64.9. The number of phosphoric ester groups is 2. The SMILES string of the molecule is CCCCCCCCCCCCCCCCCCCCCCC(=O)O[C@H](COC(=O)CCCCCCCCCCC(C)CC)COP(=O)(O)OC[C@@H](O)COP(=O)(O)OC[C@@H](COC(=O)CCCCCCCCCC)OC(=O)CCCCCCCCCCCCCC. The van der Waals surface area contributed by atoms with E-state index >= 15 is 0 Å². The maximum absolute atomic E-state index is 13.0. The van der Waals surface area contributed by atoms with E-state index in [0.29, 0.717) is 25.7 Å². The molecule has 6 atom stereocenters. The standard InChI is InChI=1S/C73H142O17P2/c1-6-10-13-16-19-22-24-26-27-28-29-30-31-32-33-35-37-44-49-54-59-73(78)90-69(63-84-71(76)57-52-47-42-39-38-40-45-50-55-66(5)9-4)65-88-92(81,82)86-61-67(74)60-85-91(79,80)87-64-68(62-83-70(75)56-51-46-41-21-18-15-12-8-3)89-72(77)58-53-48-43-36-34-25-23-20-17-14-11-7-2/h66-69,74H,6-65H2,1-5H3,(H,79,80)(H,81,82)/t66?,67-,68+,69+/m0/s1. The molecule has 0 radical (unpaired) electrons. The minimum Gasteiger partial charge on any atom is -0.462 e. The number of carbonyl (C=O) groups is 4. The van der Waals surface area contributed by atoms with Crippen molar-refractivity contribution in [2.45, 2.75) is 400 Å². The molecule has 546 valence electrons. The van der Waals surface area contributed by atoms with Crippen LogP contribution in [0.5, 0.6) is 0 Å². The molecule has 0 aliphatic rings. The zero-order valence-electron chi connectivity index (χ0n) is 59.7. The maximum atomic E-state index is 13.0. The van der Waals surface area contributed by atoms with E-state index < -0.39 is 97.5 Å². The lowest BCUT2D eigenvalue weighted by molar-refractivity contribution is -0.161. The van der Waals surface area contributed by atoms with Gasteiger partial charge in [-0.05, 0) is 31.6 Å². The number of carbonyl (C=O) groups excluding carboxylic acids is 4. The quantitative estimate of drug-likeness (QED) is 0.0222. The topological polar surface area (TPSA) is 237 Å². The van der Waals surface area contributed by atoms with Crippen LogP contribution in [-0.2, 0) is 65.4 Å². The summed E-state index contributed by atoms with van der Waals surface area (Å²) in [7, 11) is -9.90. The fraction of sp³-hybridized carbons (Fsp3) is 0.945. The minimum atomic E-state index is -4.95. The van der Waals surface area contributed by atoms with Gasteiger partial charge in [0.25, 0.3) is 0 Å². The average molecular weight is 1350 g/mol. The Hall–Kier alpha value is -1.94. The van der Waals surface area contributed by atoms with Gasteiger partial charge in [0, 0.05) is 25.7 Å². The largest absolute Gasteiger partial charge is 0.472 e. The highest BCUT2D eigenvalue weighted by Crippen LogP contribution is 2.45. The van der Waals surface area contributed by atoms with Gasteiger partial charge in [0.1, 0.15) is 19.3 Å². The van der Waals surface area contributed by atoms with Crippen molar-refractivity contribution in [2.24, 2.45) is 5.92 Å². The number of phosphoric acid groups is 2. The van der Waals surface area contributed by atoms with Gasteiger partial charge in [0.05, 0.1) is 26.4 Å². The number of aliphatic hydroxyl groups excluding tert-OH is 1. The van der Waals surface area contributed by atoms with Crippen molar-refractivity contribution >= 4 is 39.5 Å². The van der Waals surface area contributed by atoms with Gasteiger partial charge < -0.3 is 33.8 Å². The molecule has 0 heterocycles. The smallest absolute Gasteiger partial charge is 0.462 e. The summed E-state index contributed by atoms with van der Waals surface area (Å²) < 4.78 is 68.3. The van der Waals surface area contributed by atoms with Gasteiger partial charge in [0.15, 0.2) is 12.2 Å². The average Bonchev–Trinajstić information content (AvgIpc) is 1.88. The van der Waals surface area contributed by atoms with Crippen LogP contribution >= 0.6 is 15.6 Å². The highest BCUT2D eigenvalue weighted by molar-refractivity contribution is 7.47. The second kappa shape index (κ2) is 66.3. The fourth-order valence-electron chi connectivity index (χ4n) is 11.1. The van der Waals surface area contributed by atoms with Crippen molar-refractivity contribution in [1.82, 2.24) is 0 Å². The molecule has 17 nitrogen and oxygen atoms in total. The molecule has 3 unspecified atom stereocenters. The van der Waals surface area contributed by atoms with E-state index in [1.54, 1.807) is 0 Å². The van der Waals surface area contributed by atoms with Crippen molar-refractivity contribution in [3.05, 3.63) is 0 Å². The van der Waals surface area contributed by atoms with Crippen molar-refractivity contribution in [1.29, 1.82) is 0 Å². The molecule has 19 heteroatoms. The van der Waals surface area contributed by atoms with Gasteiger partial charge in [0.2, 0.25) is 0 Å². The number of rotatable bonds is 73. The van der Waals surface area contributed by atoms with Crippen molar-refractivity contribution in [2.75, 3.05) is 39.6 Å². The predicted molar refractivity (Wildman–Crippen MR) is 372 cm³/mol. The third-order valence-corrected chi connectivity index (χ3v) is 19.3. The van der Waals surface area contributed by atoms with Crippen LogP contribution in [0.2, 0.25) is 0 Å². The van der Waals surface area contributed by atoms with Crippen LogP contribution < -0.4 is 0 Å². The summed E-state index contributed by atoms with van der Waals surface area (Å²) >= 11 is 0. The first-order valence-electron chi connectivity index (χ1n) is 38.2. The van der Waals surface area contributed by atoms with Gasteiger partial charge in [-0.2, -0.15) is 0 Å². The van der Waals surface area contributed by atoms with Crippen LogP contribution in [0.15, 0.2) is 0 Å². The lowest BCUT2D eigenvalue weighted by atomic mass is 9.99. The molecular formula is C73H142O17P2. The number of aliphatic hydroxyl groups is 1. The first kappa shape index (κ1) is 90.1. The van der Waals surface area contributed by atoms with Gasteiger partial charge in [-0.25, -0.2) is 9.13 Å². The van der Waals surface area contributed by atoms with E-state index in [9.17, 15) is 43.2 Å². The molecule has 0 bridgehead atoms. The molecule has 0 aliphatic carbocycles. The van der Waals surface area contributed by atoms with E-state index in [2.05, 4.69) is 34.6 Å². The summed E-state index contributed by atoms with van der Waals surface area (Å²) in [5.74, 6) is -1.34. The summed E-state index contributed by atoms with van der Waals surface area (Å²) in [6.45, 7) is 7.24. The minimum absolute atomic E-state index is 0.107. The number of esters is 4. The lowest BCUT2D eigenvalue weighted by Crippen LogP contribution is -2.30. The van der Waals surface area contributed by atoms with Gasteiger partial charge in [-0.15, -0.1) is 0 Å². The van der Waals surface area contributed by atoms with Crippen LogP contribution in [0.1, 0.15) is 381 Å². The summed E-state index contributed by atoms with van der Waals surface area (Å²) in [5.41, 5.74) is 0. The molecule has 0 saturated carbocycles. The molecule has 92 heavy (non-hydrogen) atoms. The van der Waals surface area contributed by atoms with Crippen molar-refractivity contribution in [3.63, 3.8) is 0 Å². The van der Waals surface area contributed by atoms with E-state index in [-0.39, 0.29) is 25.7 Å². The number of hydrogen-bond donors (Lipinski definition) is 3. The molecule has 0 aromatic carbocycles. The molecule has 0 aromatic heterocycles. The zero-order chi connectivity index (χ0) is 67.7. The van der Waals surface area contributed by atoms with E-state index in [1.807, 2.05) is 0 Å². The van der Waals surface area contributed by atoms with Crippen LogP contribution in [0.25, 0.3) is 0 Å². The first-order chi connectivity index (χ1) is 44.6. The van der Waals surface area contributed by atoms with Crippen LogP contribution in [0, 0.1) is 5.92 Å². The molecule has 0 amide bonds. The first-order valence-corrected chi connectivity index (χ1v) is 41.2. The summed E-state index contributed by atoms with van der Waals surface area (Å²) in [6.07, 6.45) is 54.1. The molecule has 0 rings (SSSR count). The van der Waals surface area contributed by atoms with E-state index in [1.165, 1.54) is 199 Å². The molecule has 0 aliphatic heterocycles. The number of hydrogen-bond acceptors (Lipinski definition) is 15. The summed E-state index contributed by atoms with van der Waals surface area (Å²) in [4.78, 5) is 72.6.